The van der Waals surface area contributed by atoms with E-state index in [1.54, 1.807) is 0 Å². The topological polar surface area (TPSA) is 67.1 Å². The third-order valence-corrected chi connectivity index (χ3v) is 2.78. The zero-order chi connectivity index (χ0) is 15.2. The van der Waals surface area contributed by atoms with Crippen LogP contribution in [0.3, 0.4) is 0 Å². The molecule has 8 heteroatoms. The number of alkyl halides is 3. The van der Waals surface area contributed by atoms with Crippen molar-refractivity contribution in [3.63, 3.8) is 0 Å². The predicted octanol–water partition coefficient (Wildman–Crippen LogP) is 3.22. The van der Waals surface area contributed by atoms with Crippen LogP contribution >= 0.6 is 11.6 Å². The van der Waals surface area contributed by atoms with Crippen LogP contribution in [0.5, 0.6) is 0 Å². The van der Waals surface area contributed by atoms with Gasteiger partial charge in [0.2, 0.25) is 0 Å². The van der Waals surface area contributed by atoms with E-state index in [1.165, 1.54) is 6.07 Å². The summed E-state index contributed by atoms with van der Waals surface area (Å²) in [5.41, 5.74) is 4.33. The second-order valence-electron chi connectivity index (χ2n) is 4.07. The first-order valence-corrected chi connectivity index (χ1v) is 6.34. The Kier molecular flexibility index (Phi) is 6.09. The molecule has 0 heterocycles. The summed E-state index contributed by atoms with van der Waals surface area (Å²) in [5, 5.41) is 4.43. The molecule has 4 nitrogen and oxygen atoms in total. The number of nitrogens with two attached hydrogens (primary N) is 1. The number of benzene rings is 1. The van der Waals surface area contributed by atoms with Gasteiger partial charge >= 0.3 is 12.2 Å². The molecule has 0 saturated heterocycles. The third kappa shape index (κ3) is 5.26. The first-order valence-electron chi connectivity index (χ1n) is 5.96. The van der Waals surface area contributed by atoms with Crippen LogP contribution in [0.1, 0.15) is 18.4 Å². The van der Waals surface area contributed by atoms with E-state index in [-0.39, 0.29) is 5.69 Å². The lowest BCUT2D eigenvalue weighted by molar-refractivity contribution is -0.137. The van der Waals surface area contributed by atoms with Gasteiger partial charge in [-0.15, -0.1) is 0 Å². The number of nitrogens with one attached hydrogen (secondary N) is 2. The number of rotatable bonds is 5. The summed E-state index contributed by atoms with van der Waals surface area (Å²) in [6.07, 6.45) is -3.09. The molecule has 0 spiro atoms. The molecule has 0 aliphatic heterocycles. The molecule has 4 N–H and O–H groups in total. The van der Waals surface area contributed by atoms with Crippen molar-refractivity contribution in [2.45, 2.75) is 19.0 Å². The molecule has 2 amide bonds. The quantitative estimate of drug-likeness (QED) is 0.731. The number of amides is 2. The van der Waals surface area contributed by atoms with Crippen molar-refractivity contribution in [3.05, 3.63) is 28.8 Å². The van der Waals surface area contributed by atoms with E-state index in [2.05, 4.69) is 10.6 Å². The Morgan fingerprint density at radius 1 is 1.30 bits per heavy atom. The molecule has 1 aromatic carbocycles. The minimum Gasteiger partial charge on any atom is -0.338 e. The number of hydrogen-bond acceptors (Lipinski definition) is 2. The van der Waals surface area contributed by atoms with E-state index in [1.807, 2.05) is 0 Å². The number of hydrogen-bond donors (Lipinski definition) is 3. The molecule has 0 aliphatic carbocycles. The average Bonchev–Trinajstić information content (AvgIpc) is 2.36. The van der Waals surface area contributed by atoms with Crippen LogP contribution in [0.2, 0.25) is 5.02 Å². The van der Waals surface area contributed by atoms with Crippen LogP contribution in [-0.2, 0) is 6.18 Å². The summed E-state index contributed by atoms with van der Waals surface area (Å²) in [4.78, 5) is 11.5. The number of unbranched alkanes of at least 4 members (excludes halogenated alkanes) is 1. The highest BCUT2D eigenvalue weighted by Gasteiger charge is 2.33. The molecule has 0 aliphatic rings. The molecule has 0 radical (unpaired) electrons. The highest BCUT2D eigenvalue weighted by atomic mass is 35.5. The zero-order valence-corrected chi connectivity index (χ0v) is 11.3. The van der Waals surface area contributed by atoms with Crippen molar-refractivity contribution >= 4 is 23.3 Å². The van der Waals surface area contributed by atoms with Gasteiger partial charge in [0.25, 0.3) is 0 Å². The number of halogens is 4. The SMILES string of the molecule is NCCCCNC(=O)Nc1ccc(Cl)c(C(F)(F)F)c1. The average molecular weight is 310 g/mol. The van der Waals surface area contributed by atoms with Gasteiger partial charge in [0, 0.05) is 12.2 Å². The lowest BCUT2D eigenvalue weighted by atomic mass is 10.2. The summed E-state index contributed by atoms with van der Waals surface area (Å²) in [7, 11) is 0. The Bertz CT molecular complexity index is 466. The fourth-order valence-corrected chi connectivity index (χ4v) is 1.69. The molecule has 112 valence electrons. The summed E-state index contributed by atoms with van der Waals surface area (Å²) >= 11 is 5.48. The second-order valence-corrected chi connectivity index (χ2v) is 4.48. The zero-order valence-electron chi connectivity index (χ0n) is 10.6. The Labute approximate surface area is 119 Å². The minimum atomic E-state index is -4.56. The molecule has 0 fully saturated rings. The maximum absolute atomic E-state index is 12.6. The van der Waals surface area contributed by atoms with Crippen LogP contribution in [0.4, 0.5) is 23.7 Å². The highest BCUT2D eigenvalue weighted by Crippen LogP contribution is 2.36. The lowest BCUT2D eigenvalue weighted by Gasteiger charge is -2.12. The monoisotopic (exact) mass is 309 g/mol. The van der Waals surface area contributed by atoms with E-state index < -0.39 is 22.8 Å². The molecular weight excluding hydrogens is 295 g/mol. The number of urea groups is 1. The lowest BCUT2D eigenvalue weighted by Crippen LogP contribution is -2.29. The Morgan fingerprint density at radius 3 is 2.60 bits per heavy atom. The molecule has 0 aromatic heterocycles. The van der Waals surface area contributed by atoms with Gasteiger partial charge in [0.1, 0.15) is 0 Å². The van der Waals surface area contributed by atoms with E-state index in [4.69, 9.17) is 17.3 Å². The summed E-state index contributed by atoms with van der Waals surface area (Å²) in [6.45, 7) is 0.929. The standard InChI is InChI=1S/C12H15ClF3N3O/c13-10-4-3-8(7-9(10)12(14,15)16)19-11(20)18-6-2-1-5-17/h3-4,7H,1-2,5-6,17H2,(H2,18,19,20). The summed E-state index contributed by atoms with van der Waals surface area (Å²) in [5.74, 6) is 0. The molecule has 0 unspecified atom stereocenters. The molecular formula is C12H15ClF3N3O. The molecule has 0 atom stereocenters. The van der Waals surface area contributed by atoms with Crippen molar-refractivity contribution in [1.82, 2.24) is 5.32 Å². The maximum Gasteiger partial charge on any atom is 0.417 e. The smallest absolute Gasteiger partial charge is 0.338 e. The minimum absolute atomic E-state index is 0.0260. The first kappa shape index (κ1) is 16.6. The number of carbonyl (C=O) groups is 1. The van der Waals surface area contributed by atoms with Crippen LogP contribution in [0.25, 0.3) is 0 Å². The van der Waals surface area contributed by atoms with Crippen molar-refractivity contribution in [2.24, 2.45) is 5.73 Å². The van der Waals surface area contributed by atoms with E-state index >= 15 is 0 Å². The summed E-state index contributed by atoms with van der Waals surface area (Å²) < 4.78 is 37.9. The first-order chi connectivity index (χ1) is 9.34. The number of anilines is 1. The van der Waals surface area contributed by atoms with Crippen LogP contribution in [-0.4, -0.2) is 19.1 Å². The molecule has 1 rings (SSSR count). The predicted molar refractivity (Wildman–Crippen MR) is 71.8 cm³/mol. The fourth-order valence-electron chi connectivity index (χ4n) is 1.47. The second kappa shape index (κ2) is 7.35. The van der Waals surface area contributed by atoms with Crippen molar-refractivity contribution < 1.29 is 18.0 Å². The van der Waals surface area contributed by atoms with E-state index in [0.29, 0.717) is 19.5 Å². The van der Waals surface area contributed by atoms with Crippen molar-refractivity contribution in [1.29, 1.82) is 0 Å². The van der Waals surface area contributed by atoms with Gasteiger partial charge < -0.3 is 16.4 Å². The van der Waals surface area contributed by atoms with Crippen LogP contribution < -0.4 is 16.4 Å². The van der Waals surface area contributed by atoms with E-state index in [0.717, 1.165) is 18.6 Å². The van der Waals surface area contributed by atoms with Gasteiger partial charge in [-0.1, -0.05) is 11.6 Å². The van der Waals surface area contributed by atoms with Gasteiger partial charge in [-0.3, -0.25) is 0 Å². The van der Waals surface area contributed by atoms with Crippen LogP contribution in [0.15, 0.2) is 18.2 Å². The van der Waals surface area contributed by atoms with Gasteiger partial charge in [0.15, 0.2) is 0 Å². The Morgan fingerprint density at radius 2 is 2.00 bits per heavy atom. The third-order valence-electron chi connectivity index (χ3n) is 2.45. The van der Waals surface area contributed by atoms with Gasteiger partial charge in [-0.25, -0.2) is 4.79 Å². The summed E-state index contributed by atoms with van der Waals surface area (Å²) in [6, 6.07) is 2.62. The Balaban J connectivity index is 2.62. The molecule has 0 saturated carbocycles. The fraction of sp³-hybridized carbons (Fsp3) is 0.417. The number of carbonyl (C=O) groups excluding carboxylic acids is 1. The van der Waals surface area contributed by atoms with Gasteiger partial charge in [0.05, 0.1) is 10.6 Å². The highest BCUT2D eigenvalue weighted by molar-refractivity contribution is 6.31. The van der Waals surface area contributed by atoms with Gasteiger partial charge in [-0.05, 0) is 37.6 Å². The molecule has 1 aromatic rings. The largest absolute Gasteiger partial charge is 0.417 e. The molecule has 20 heavy (non-hydrogen) atoms. The Hall–Kier alpha value is -1.47. The van der Waals surface area contributed by atoms with Gasteiger partial charge in [-0.2, -0.15) is 13.2 Å². The van der Waals surface area contributed by atoms with E-state index in [9.17, 15) is 18.0 Å². The van der Waals surface area contributed by atoms with Crippen LogP contribution in [0, 0.1) is 0 Å². The normalized spacial score (nSPS) is 11.2. The molecule has 0 bridgehead atoms. The maximum atomic E-state index is 12.6. The van der Waals surface area contributed by atoms with Crippen molar-refractivity contribution in [2.75, 3.05) is 18.4 Å². The van der Waals surface area contributed by atoms with Crippen molar-refractivity contribution in [3.8, 4) is 0 Å².